The van der Waals surface area contributed by atoms with Gasteiger partial charge < -0.3 is 25.2 Å². The van der Waals surface area contributed by atoms with Crippen molar-refractivity contribution in [2.24, 2.45) is 5.92 Å². The molecule has 40 heavy (non-hydrogen) atoms. The summed E-state index contributed by atoms with van der Waals surface area (Å²) in [5.41, 5.74) is 2.54. The predicted molar refractivity (Wildman–Crippen MR) is 160 cm³/mol. The third-order valence-electron chi connectivity index (χ3n) is 6.34. The quantitative estimate of drug-likeness (QED) is 0.261. The Morgan fingerprint density at radius 3 is 2.35 bits per heavy atom. The van der Waals surface area contributed by atoms with Crippen LogP contribution in [0.5, 0.6) is 0 Å². The van der Waals surface area contributed by atoms with Crippen molar-refractivity contribution in [3.8, 4) is 0 Å². The molecule has 0 saturated heterocycles. The molecule has 224 valence electrons. The number of carbonyl (C=O) groups is 3. The number of carbonyl (C=O) groups excluding carboxylic acids is 3. The molecular weight excluding hydrogens is 548 g/mol. The van der Waals surface area contributed by atoms with Gasteiger partial charge in [-0.15, -0.1) is 22.7 Å². The molecule has 2 atom stereocenters. The van der Waals surface area contributed by atoms with Crippen LogP contribution in [0.15, 0.2) is 17.1 Å². The molecule has 0 bridgehead atoms. The molecule has 0 aromatic carbocycles. The molecule has 12 heteroatoms. The zero-order chi connectivity index (χ0) is 29.7. The highest BCUT2D eigenvalue weighted by atomic mass is 32.1. The number of rotatable bonds is 16. The molecule has 0 aliphatic heterocycles. The highest BCUT2D eigenvalue weighted by Crippen LogP contribution is 2.20. The summed E-state index contributed by atoms with van der Waals surface area (Å²) in [6.07, 6.45) is 4.36. The van der Waals surface area contributed by atoms with E-state index in [2.05, 4.69) is 41.4 Å². The van der Waals surface area contributed by atoms with E-state index in [1.165, 1.54) is 11.3 Å². The second-order valence-corrected chi connectivity index (χ2v) is 12.5. The predicted octanol–water partition coefficient (Wildman–Crippen LogP) is 5.61. The molecule has 0 spiro atoms. The Kier molecular flexibility index (Phi) is 14.4. The van der Waals surface area contributed by atoms with Crippen LogP contribution < -0.4 is 10.6 Å². The van der Waals surface area contributed by atoms with Crippen LogP contribution in [0.1, 0.15) is 88.7 Å². The van der Waals surface area contributed by atoms with Crippen LogP contribution in [0.2, 0.25) is 0 Å². The molecule has 0 fully saturated rings. The average Bonchev–Trinajstić information content (AvgIpc) is 3.60. The van der Waals surface area contributed by atoms with Crippen molar-refractivity contribution < 1.29 is 19.1 Å². The lowest BCUT2D eigenvalue weighted by molar-refractivity contribution is -0.124. The van der Waals surface area contributed by atoms with E-state index in [9.17, 15) is 14.4 Å². The molecule has 0 saturated carbocycles. The molecule has 2 heterocycles. The molecule has 2 rings (SSSR count). The van der Waals surface area contributed by atoms with Crippen LogP contribution in [0.4, 0.5) is 9.59 Å². The molecule has 4 amide bonds. The Labute approximate surface area is 246 Å². The summed E-state index contributed by atoms with van der Waals surface area (Å²) >= 11 is 3.04. The number of amides is 4. The Balaban J connectivity index is 1.95. The fourth-order valence-corrected chi connectivity index (χ4v) is 5.43. The molecule has 2 N–H and O–H groups in total. The van der Waals surface area contributed by atoms with Crippen molar-refractivity contribution >= 4 is 40.7 Å². The van der Waals surface area contributed by atoms with Crippen LogP contribution >= 0.6 is 22.7 Å². The number of hydrogen-bond acceptors (Lipinski definition) is 8. The monoisotopic (exact) mass is 594 g/mol. The van der Waals surface area contributed by atoms with Crippen molar-refractivity contribution in [1.82, 2.24) is 30.4 Å². The van der Waals surface area contributed by atoms with E-state index in [0.29, 0.717) is 32.0 Å². The number of urea groups is 1. The molecule has 0 aliphatic carbocycles. The van der Waals surface area contributed by atoms with Crippen LogP contribution in [0.25, 0.3) is 0 Å². The van der Waals surface area contributed by atoms with E-state index in [1.54, 1.807) is 39.9 Å². The highest BCUT2D eigenvalue weighted by molar-refractivity contribution is 7.09. The Bertz CT molecular complexity index is 1040. The van der Waals surface area contributed by atoms with Gasteiger partial charge in [0.1, 0.15) is 12.6 Å². The van der Waals surface area contributed by atoms with E-state index in [-0.39, 0.29) is 36.6 Å². The lowest BCUT2D eigenvalue weighted by Crippen LogP contribution is -2.54. The van der Waals surface area contributed by atoms with E-state index in [1.807, 2.05) is 26.2 Å². The molecule has 2 aromatic heterocycles. The summed E-state index contributed by atoms with van der Waals surface area (Å²) in [4.78, 5) is 51.8. The first-order valence-corrected chi connectivity index (χ1v) is 15.9. The lowest BCUT2D eigenvalue weighted by atomic mass is 10.0. The molecule has 0 radical (unpaired) electrons. The van der Waals surface area contributed by atoms with E-state index in [4.69, 9.17) is 4.74 Å². The third-order valence-corrected chi connectivity index (χ3v) is 8.29. The lowest BCUT2D eigenvalue weighted by Gasteiger charge is -2.29. The van der Waals surface area contributed by atoms with Crippen LogP contribution in [0.3, 0.4) is 0 Å². The third kappa shape index (κ3) is 11.0. The minimum absolute atomic E-state index is 0.107. The van der Waals surface area contributed by atoms with Gasteiger partial charge in [0.25, 0.3) is 0 Å². The minimum atomic E-state index is -0.688. The molecular formula is C28H46N6O4S2. The summed E-state index contributed by atoms with van der Waals surface area (Å²) in [6, 6.07) is -1.14. The second-order valence-electron chi connectivity index (χ2n) is 10.7. The van der Waals surface area contributed by atoms with E-state index >= 15 is 0 Å². The minimum Gasteiger partial charge on any atom is -0.444 e. The van der Waals surface area contributed by atoms with Gasteiger partial charge in [-0.2, -0.15) is 0 Å². The maximum Gasteiger partial charge on any atom is 0.410 e. The van der Waals surface area contributed by atoms with Crippen molar-refractivity contribution in [2.45, 2.75) is 98.4 Å². The fourth-order valence-electron chi connectivity index (χ4n) is 4.10. The summed E-state index contributed by atoms with van der Waals surface area (Å²) in [6.45, 7) is 13.7. The van der Waals surface area contributed by atoms with Crippen molar-refractivity contribution in [2.75, 3.05) is 20.1 Å². The Morgan fingerprint density at radius 1 is 1.02 bits per heavy atom. The van der Waals surface area contributed by atoms with Crippen molar-refractivity contribution in [3.63, 3.8) is 0 Å². The first kappa shape index (κ1) is 33.5. The van der Waals surface area contributed by atoms with Gasteiger partial charge in [-0.1, -0.05) is 48.0 Å². The SMILES string of the molecule is CCCC(CCN(CCC)C(=O)OCc1cncs1)NC(=O)C(NC(=O)N(C)Cc1csc(C(C)C)n1)C(C)C. The van der Waals surface area contributed by atoms with E-state index < -0.39 is 6.04 Å². The number of nitrogens with zero attached hydrogens (tertiary/aromatic N) is 4. The molecule has 2 aromatic rings. The van der Waals surface area contributed by atoms with Gasteiger partial charge >= 0.3 is 12.1 Å². The maximum absolute atomic E-state index is 13.3. The van der Waals surface area contributed by atoms with Crippen LogP contribution in [-0.2, 0) is 22.7 Å². The number of hydrogen-bond donors (Lipinski definition) is 2. The number of aromatic nitrogens is 2. The van der Waals surface area contributed by atoms with Gasteiger partial charge in [0.15, 0.2) is 0 Å². The van der Waals surface area contributed by atoms with Gasteiger partial charge in [-0.05, 0) is 25.2 Å². The molecule has 0 aliphatic rings. The van der Waals surface area contributed by atoms with Crippen molar-refractivity contribution in [3.05, 3.63) is 32.7 Å². The number of thiazole rings is 2. The Morgan fingerprint density at radius 2 is 1.77 bits per heavy atom. The van der Waals surface area contributed by atoms with Gasteiger partial charge in [-0.3, -0.25) is 9.78 Å². The zero-order valence-corrected chi connectivity index (χ0v) is 26.6. The topological polar surface area (TPSA) is 117 Å². The largest absolute Gasteiger partial charge is 0.444 e. The van der Waals surface area contributed by atoms with Gasteiger partial charge in [0, 0.05) is 43.7 Å². The summed E-state index contributed by atoms with van der Waals surface area (Å²) in [5.74, 6) is 0.0111. The first-order chi connectivity index (χ1) is 19.0. The zero-order valence-electron chi connectivity index (χ0n) is 24.9. The van der Waals surface area contributed by atoms with Crippen LogP contribution in [-0.4, -0.2) is 70.0 Å². The summed E-state index contributed by atoms with van der Waals surface area (Å²) in [7, 11) is 1.70. The first-order valence-electron chi connectivity index (χ1n) is 14.1. The second kappa shape index (κ2) is 17.2. The maximum atomic E-state index is 13.3. The summed E-state index contributed by atoms with van der Waals surface area (Å²) in [5, 5.41) is 9.05. The molecule has 10 nitrogen and oxygen atoms in total. The van der Waals surface area contributed by atoms with Crippen LogP contribution in [0, 0.1) is 5.92 Å². The standard InChI is InChI=1S/C28H46N6O4S2/c1-8-10-21(11-13-34(12-9-2)28(37)38-16-23-14-29-18-40-23)30-25(35)24(19(3)4)32-27(36)33(7)15-22-17-39-26(31-22)20(5)6/h14,17-21,24H,8-13,15-16H2,1-7H3,(H,30,35)(H,32,36). The number of ether oxygens (including phenoxy) is 1. The average molecular weight is 595 g/mol. The normalized spacial score (nSPS) is 12.7. The van der Waals surface area contributed by atoms with Gasteiger partial charge in [0.2, 0.25) is 5.91 Å². The summed E-state index contributed by atoms with van der Waals surface area (Å²) < 4.78 is 5.48. The van der Waals surface area contributed by atoms with Crippen molar-refractivity contribution in [1.29, 1.82) is 0 Å². The molecule has 2 unspecified atom stereocenters. The smallest absolute Gasteiger partial charge is 0.410 e. The van der Waals surface area contributed by atoms with E-state index in [0.717, 1.165) is 34.8 Å². The Hall–Kier alpha value is -2.73. The number of nitrogens with one attached hydrogen (secondary N) is 2. The highest BCUT2D eigenvalue weighted by Gasteiger charge is 2.28. The van der Waals surface area contributed by atoms with Gasteiger partial charge in [0.05, 0.1) is 27.6 Å². The van der Waals surface area contributed by atoms with Gasteiger partial charge in [-0.25, -0.2) is 14.6 Å². The fraction of sp³-hybridized carbons (Fsp3) is 0.679.